The fourth-order valence-corrected chi connectivity index (χ4v) is 2.96. The van der Waals surface area contributed by atoms with Gasteiger partial charge in [0, 0.05) is 25.6 Å². The second-order valence-corrected chi connectivity index (χ2v) is 6.57. The predicted molar refractivity (Wildman–Crippen MR) is 85.5 cm³/mol. The van der Waals surface area contributed by atoms with Gasteiger partial charge in [-0.1, -0.05) is 13.8 Å². The number of nitrogens with zero attached hydrogens (tertiary/aromatic N) is 4. The summed E-state index contributed by atoms with van der Waals surface area (Å²) in [5.74, 6) is 1.87. The standard InChI is InChI=1S/C16H28N4O/c1-12(2)16-17-9-15(14(11-21)18-16)20-7-5-13(6-8-20)10-19(3)4/h9,12-13,21H,5-8,10-11H2,1-4H3. The lowest BCUT2D eigenvalue weighted by molar-refractivity contribution is 0.272. The van der Waals surface area contributed by atoms with E-state index in [1.807, 2.05) is 6.20 Å². The van der Waals surface area contributed by atoms with Crippen molar-refractivity contribution in [2.24, 2.45) is 5.92 Å². The number of anilines is 1. The molecule has 0 spiro atoms. The van der Waals surface area contributed by atoms with E-state index in [0.29, 0.717) is 0 Å². The van der Waals surface area contributed by atoms with Crippen molar-refractivity contribution in [1.29, 1.82) is 0 Å². The lowest BCUT2D eigenvalue weighted by atomic mass is 9.96. The van der Waals surface area contributed by atoms with Crippen molar-refractivity contribution < 1.29 is 5.11 Å². The van der Waals surface area contributed by atoms with Crippen LogP contribution in [-0.2, 0) is 6.61 Å². The number of piperidine rings is 1. The Morgan fingerprint density at radius 2 is 2.00 bits per heavy atom. The zero-order chi connectivity index (χ0) is 15.4. The van der Waals surface area contributed by atoms with Crippen molar-refractivity contribution in [1.82, 2.24) is 14.9 Å². The first-order valence-electron chi connectivity index (χ1n) is 7.87. The molecule has 21 heavy (non-hydrogen) atoms. The van der Waals surface area contributed by atoms with Gasteiger partial charge in [0.2, 0.25) is 0 Å². The second-order valence-electron chi connectivity index (χ2n) is 6.57. The van der Waals surface area contributed by atoms with E-state index in [-0.39, 0.29) is 12.5 Å². The average molecular weight is 292 g/mol. The highest BCUT2D eigenvalue weighted by Crippen LogP contribution is 2.26. The number of aromatic nitrogens is 2. The van der Waals surface area contributed by atoms with E-state index in [0.717, 1.165) is 42.8 Å². The van der Waals surface area contributed by atoms with Gasteiger partial charge in [0.15, 0.2) is 0 Å². The zero-order valence-electron chi connectivity index (χ0n) is 13.7. The third-order valence-corrected chi connectivity index (χ3v) is 4.11. The fraction of sp³-hybridized carbons (Fsp3) is 0.750. The van der Waals surface area contributed by atoms with Gasteiger partial charge >= 0.3 is 0 Å². The molecule has 0 radical (unpaired) electrons. The van der Waals surface area contributed by atoms with E-state index >= 15 is 0 Å². The van der Waals surface area contributed by atoms with Gasteiger partial charge in [-0.15, -0.1) is 0 Å². The van der Waals surface area contributed by atoms with Crippen LogP contribution < -0.4 is 4.90 Å². The molecule has 1 aromatic rings. The Morgan fingerprint density at radius 3 is 2.52 bits per heavy atom. The summed E-state index contributed by atoms with van der Waals surface area (Å²) in [6.07, 6.45) is 4.27. The highest BCUT2D eigenvalue weighted by Gasteiger charge is 2.22. The van der Waals surface area contributed by atoms with E-state index in [1.165, 1.54) is 12.8 Å². The molecule has 1 aliphatic rings. The summed E-state index contributed by atoms with van der Waals surface area (Å²) >= 11 is 0. The van der Waals surface area contributed by atoms with Crippen LogP contribution in [0.25, 0.3) is 0 Å². The lowest BCUT2D eigenvalue weighted by Crippen LogP contribution is -2.37. The third kappa shape index (κ3) is 4.14. The van der Waals surface area contributed by atoms with E-state index in [4.69, 9.17) is 0 Å². The van der Waals surface area contributed by atoms with Gasteiger partial charge in [0.05, 0.1) is 24.2 Å². The SMILES string of the molecule is CC(C)c1ncc(N2CCC(CN(C)C)CC2)c(CO)n1. The third-order valence-electron chi connectivity index (χ3n) is 4.11. The maximum atomic E-state index is 9.60. The number of rotatable bonds is 5. The molecule has 1 aliphatic heterocycles. The van der Waals surface area contributed by atoms with Gasteiger partial charge in [-0.25, -0.2) is 9.97 Å². The van der Waals surface area contributed by atoms with Crippen molar-refractivity contribution in [2.75, 3.05) is 38.6 Å². The predicted octanol–water partition coefficient (Wildman–Crippen LogP) is 1.87. The van der Waals surface area contributed by atoms with Crippen LogP contribution >= 0.6 is 0 Å². The van der Waals surface area contributed by atoms with Crippen molar-refractivity contribution in [2.45, 2.75) is 39.2 Å². The average Bonchev–Trinajstić information content (AvgIpc) is 2.46. The Kier molecular flexibility index (Phi) is 5.53. The summed E-state index contributed by atoms with van der Waals surface area (Å²) in [6.45, 7) is 7.33. The van der Waals surface area contributed by atoms with Crippen molar-refractivity contribution in [3.05, 3.63) is 17.7 Å². The van der Waals surface area contributed by atoms with Crippen molar-refractivity contribution in [3.63, 3.8) is 0 Å². The minimum absolute atomic E-state index is 0.0187. The smallest absolute Gasteiger partial charge is 0.131 e. The normalized spacial score (nSPS) is 17.0. The molecule has 1 fully saturated rings. The Hall–Kier alpha value is -1.20. The minimum atomic E-state index is -0.0187. The molecule has 5 heteroatoms. The van der Waals surface area contributed by atoms with Gasteiger partial charge in [0.1, 0.15) is 5.82 Å². The first-order valence-corrected chi connectivity index (χ1v) is 7.87. The second kappa shape index (κ2) is 7.18. The number of hydrogen-bond donors (Lipinski definition) is 1. The molecular weight excluding hydrogens is 264 g/mol. The van der Waals surface area contributed by atoms with E-state index in [9.17, 15) is 5.11 Å². The molecule has 0 bridgehead atoms. The van der Waals surface area contributed by atoms with Crippen LogP contribution in [0.2, 0.25) is 0 Å². The summed E-state index contributed by atoms with van der Waals surface area (Å²) in [6, 6.07) is 0. The monoisotopic (exact) mass is 292 g/mol. The van der Waals surface area contributed by atoms with E-state index in [1.54, 1.807) is 0 Å². The molecule has 1 saturated heterocycles. The summed E-state index contributed by atoms with van der Waals surface area (Å²) in [4.78, 5) is 13.6. The highest BCUT2D eigenvalue weighted by molar-refractivity contribution is 5.49. The van der Waals surface area contributed by atoms with Crippen molar-refractivity contribution in [3.8, 4) is 0 Å². The van der Waals surface area contributed by atoms with E-state index in [2.05, 4.69) is 47.7 Å². The Morgan fingerprint density at radius 1 is 1.33 bits per heavy atom. The van der Waals surface area contributed by atoms with Crippen LogP contribution in [-0.4, -0.2) is 53.7 Å². The number of hydrogen-bond acceptors (Lipinski definition) is 5. The molecular formula is C16H28N4O. The number of aliphatic hydroxyl groups is 1. The van der Waals surface area contributed by atoms with Gasteiger partial charge in [0.25, 0.3) is 0 Å². The molecule has 1 aromatic heterocycles. The first-order chi connectivity index (χ1) is 10.0. The molecule has 1 N–H and O–H groups in total. The molecule has 0 atom stereocenters. The van der Waals surface area contributed by atoms with Crippen LogP contribution in [0.5, 0.6) is 0 Å². The topological polar surface area (TPSA) is 52.5 Å². The Balaban J connectivity index is 2.06. The fourth-order valence-electron chi connectivity index (χ4n) is 2.96. The van der Waals surface area contributed by atoms with Gasteiger partial charge in [-0.2, -0.15) is 0 Å². The van der Waals surface area contributed by atoms with Gasteiger partial charge < -0.3 is 14.9 Å². The van der Waals surface area contributed by atoms with Crippen LogP contribution in [0.15, 0.2) is 6.20 Å². The lowest BCUT2D eigenvalue weighted by Gasteiger charge is -2.35. The molecule has 0 aromatic carbocycles. The Labute approximate surface area is 128 Å². The quantitative estimate of drug-likeness (QED) is 0.898. The van der Waals surface area contributed by atoms with Crippen molar-refractivity contribution >= 4 is 5.69 Å². The Bertz CT molecular complexity index is 454. The zero-order valence-corrected chi connectivity index (χ0v) is 13.7. The summed E-state index contributed by atoms with van der Waals surface area (Å²) in [7, 11) is 4.27. The molecule has 2 rings (SSSR count). The molecule has 0 unspecified atom stereocenters. The summed E-state index contributed by atoms with van der Waals surface area (Å²) in [5.41, 5.74) is 1.77. The van der Waals surface area contributed by atoms with Gasteiger partial charge in [-0.05, 0) is 32.9 Å². The minimum Gasteiger partial charge on any atom is -0.390 e. The molecule has 5 nitrogen and oxygen atoms in total. The van der Waals surface area contributed by atoms with Gasteiger partial charge in [-0.3, -0.25) is 0 Å². The van der Waals surface area contributed by atoms with Crippen LogP contribution in [0.1, 0.15) is 44.1 Å². The van der Waals surface area contributed by atoms with Crippen LogP contribution in [0, 0.1) is 5.92 Å². The molecule has 118 valence electrons. The number of aliphatic hydroxyl groups excluding tert-OH is 1. The summed E-state index contributed by atoms with van der Waals surface area (Å²) < 4.78 is 0. The van der Waals surface area contributed by atoms with Crippen LogP contribution in [0.4, 0.5) is 5.69 Å². The molecule has 0 saturated carbocycles. The molecule has 2 heterocycles. The molecule has 0 aliphatic carbocycles. The maximum Gasteiger partial charge on any atom is 0.131 e. The van der Waals surface area contributed by atoms with E-state index < -0.39 is 0 Å². The van der Waals surface area contributed by atoms with Crippen LogP contribution in [0.3, 0.4) is 0 Å². The molecule has 0 amide bonds. The first kappa shape index (κ1) is 16.2. The maximum absolute atomic E-state index is 9.60. The highest BCUT2D eigenvalue weighted by atomic mass is 16.3. The largest absolute Gasteiger partial charge is 0.390 e. The summed E-state index contributed by atoms with van der Waals surface area (Å²) in [5, 5.41) is 9.60.